The normalized spacial score (nSPS) is 11.0. The molecule has 1 aromatic heterocycles. The molecule has 1 heterocycles. The Bertz CT molecular complexity index is 924. The van der Waals surface area contributed by atoms with E-state index in [1.54, 1.807) is 6.07 Å². The Morgan fingerprint density at radius 3 is 2.62 bits per heavy atom. The molecule has 0 aliphatic carbocycles. The number of carbonyl (C=O) groups excluding carboxylic acids is 1. The fourth-order valence-corrected chi connectivity index (χ4v) is 3.05. The SMILES string of the molecule is CC(C)Oc1ccccc1-c1cc(C(=O)Cl)c2cc(Br)ccc2n1. The molecule has 0 unspecified atom stereocenters. The Morgan fingerprint density at radius 2 is 1.92 bits per heavy atom. The summed E-state index contributed by atoms with van der Waals surface area (Å²) in [6.45, 7) is 3.94. The van der Waals surface area contributed by atoms with Crippen molar-refractivity contribution in [2.24, 2.45) is 0 Å². The van der Waals surface area contributed by atoms with E-state index < -0.39 is 5.24 Å². The third kappa shape index (κ3) is 3.45. The highest BCUT2D eigenvalue weighted by molar-refractivity contribution is 9.10. The van der Waals surface area contributed by atoms with Gasteiger partial charge in [-0.15, -0.1) is 0 Å². The first kappa shape index (κ1) is 16.9. The number of hydrogen-bond donors (Lipinski definition) is 0. The predicted octanol–water partition coefficient (Wildman–Crippen LogP) is 5.83. The van der Waals surface area contributed by atoms with Gasteiger partial charge in [-0.1, -0.05) is 28.1 Å². The Morgan fingerprint density at radius 1 is 1.17 bits per heavy atom. The molecular formula is C19H15BrClNO2. The second kappa shape index (κ2) is 6.91. The van der Waals surface area contributed by atoms with Crippen LogP contribution in [0.1, 0.15) is 24.2 Å². The van der Waals surface area contributed by atoms with Crippen LogP contribution in [-0.4, -0.2) is 16.3 Å². The average molecular weight is 405 g/mol. The van der Waals surface area contributed by atoms with Gasteiger partial charge in [-0.3, -0.25) is 4.79 Å². The van der Waals surface area contributed by atoms with Crippen LogP contribution in [0.2, 0.25) is 0 Å². The van der Waals surface area contributed by atoms with Gasteiger partial charge in [0.05, 0.1) is 17.3 Å². The summed E-state index contributed by atoms with van der Waals surface area (Å²) in [7, 11) is 0. The molecule has 0 fully saturated rings. The lowest BCUT2D eigenvalue weighted by molar-refractivity contribution is 0.108. The number of rotatable bonds is 4. The number of ether oxygens (including phenoxy) is 1. The van der Waals surface area contributed by atoms with Gasteiger partial charge in [-0.05, 0) is 61.8 Å². The van der Waals surface area contributed by atoms with E-state index in [-0.39, 0.29) is 6.10 Å². The molecule has 0 saturated carbocycles. The molecule has 5 heteroatoms. The van der Waals surface area contributed by atoms with Gasteiger partial charge < -0.3 is 4.74 Å². The van der Waals surface area contributed by atoms with E-state index in [9.17, 15) is 4.79 Å². The van der Waals surface area contributed by atoms with Gasteiger partial charge in [0.15, 0.2) is 0 Å². The van der Waals surface area contributed by atoms with Crippen LogP contribution in [-0.2, 0) is 0 Å². The van der Waals surface area contributed by atoms with Crippen LogP contribution in [0.3, 0.4) is 0 Å². The highest BCUT2D eigenvalue weighted by atomic mass is 79.9. The van der Waals surface area contributed by atoms with Crippen molar-refractivity contribution in [3.8, 4) is 17.0 Å². The molecule has 24 heavy (non-hydrogen) atoms. The molecule has 0 aliphatic heterocycles. The minimum atomic E-state index is -0.510. The van der Waals surface area contributed by atoms with E-state index >= 15 is 0 Å². The highest BCUT2D eigenvalue weighted by Crippen LogP contribution is 2.33. The van der Waals surface area contributed by atoms with Crippen molar-refractivity contribution in [2.45, 2.75) is 20.0 Å². The summed E-state index contributed by atoms with van der Waals surface area (Å²) >= 11 is 9.22. The Hall–Kier alpha value is -1.91. The van der Waals surface area contributed by atoms with E-state index in [2.05, 4.69) is 20.9 Å². The lowest BCUT2D eigenvalue weighted by Crippen LogP contribution is -2.06. The van der Waals surface area contributed by atoms with Gasteiger partial charge in [-0.2, -0.15) is 0 Å². The molecule has 122 valence electrons. The van der Waals surface area contributed by atoms with E-state index in [1.165, 1.54) is 0 Å². The van der Waals surface area contributed by atoms with Crippen molar-refractivity contribution in [3.63, 3.8) is 0 Å². The standard InChI is InChI=1S/C19H15BrClNO2/c1-11(2)24-18-6-4-3-5-13(18)17-10-15(19(21)23)14-9-12(20)7-8-16(14)22-17/h3-11H,1-2H3. The smallest absolute Gasteiger partial charge is 0.253 e. The summed E-state index contributed by atoms with van der Waals surface area (Å²) in [6.07, 6.45) is 0.0386. The zero-order valence-corrected chi connectivity index (χ0v) is 15.6. The van der Waals surface area contributed by atoms with Crippen LogP contribution in [0.15, 0.2) is 53.0 Å². The molecule has 0 saturated heterocycles. The first-order chi connectivity index (χ1) is 11.5. The third-order valence-electron chi connectivity index (χ3n) is 3.51. The fourth-order valence-electron chi connectivity index (χ4n) is 2.53. The zero-order valence-electron chi connectivity index (χ0n) is 13.2. The van der Waals surface area contributed by atoms with Gasteiger partial charge in [0.1, 0.15) is 5.75 Å². The molecule has 0 spiro atoms. The Balaban J connectivity index is 2.25. The number of nitrogens with zero attached hydrogens (tertiary/aromatic N) is 1. The van der Waals surface area contributed by atoms with Crippen molar-refractivity contribution < 1.29 is 9.53 Å². The average Bonchev–Trinajstić information content (AvgIpc) is 2.53. The number of pyridine rings is 1. The number of halogens is 2. The largest absolute Gasteiger partial charge is 0.490 e. The molecule has 0 N–H and O–H groups in total. The van der Waals surface area contributed by atoms with Crippen LogP contribution in [0, 0.1) is 0 Å². The second-order valence-electron chi connectivity index (χ2n) is 5.65. The second-order valence-corrected chi connectivity index (χ2v) is 6.91. The number of para-hydroxylation sites is 1. The minimum Gasteiger partial charge on any atom is -0.490 e. The maximum absolute atomic E-state index is 11.9. The lowest BCUT2D eigenvalue weighted by Gasteiger charge is -2.15. The quantitative estimate of drug-likeness (QED) is 0.513. The van der Waals surface area contributed by atoms with Crippen molar-refractivity contribution in [3.05, 3.63) is 58.6 Å². The lowest BCUT2D eigenvalue weighted by atomic mass is 10.0. The summed E-state index contributed by atoms with van der Waals surface area (Å²) in [6, 6.07) is 14.9. The molecular weight excluding hydrogens is 390 g/mol. The van der Waals surface area contributed by atoms with Crippen LogP contribution >= 0.6 is 27.5 Å². The van der Waals surface area contributed by atoms with E-state index in [4.69, 9.17) is 16.3 Å². The van der Waals surface area contributed by atoms with Gasteiger partial charge in [0.25, 0.3) is 5.24 Å². The van der Waals surface area contributed by atoms with E-state index in [1.807, 2.05) is 56.3 Å². The van der Waals surface area contributed by atoms with Gasteiger partial charge in [0, 0.05) is 21.0 Å². The third-order valence-corrected chi connectivity index (χ3v) is 4.21. The molecule has 2 aromatic carbocycles. The number of aromatic nitrogens is 1. The van der Waals surface area contributed by atoms with Gasteiger partial charge in [-0.25, -0.2) is 4.98 Å². The maximum Gasteiger partial charge on any atom is 0.253 e. The molecule has 0 radical (unpaired) electrons. The molecule has 3 rings (SSSR count). The topological polar surface area (TPSA) is 39.2 Å². The molecule has 0 amide bonds. The zero-order chi connectivity index (χ0) is 17.3. The van der Waals surface area contributed by atoms with Crippen molar-refractivity contribution >= 4 is 43.7 Å². The number of fused-ring (bicyclic) bond motifs is 1. The summed E-state index contributed by atoms with van der Waals surface area (Å²) in [5.41, 5.74) is 2.62. The van der Waals surface area contributed by atoms with Crippen molar-refractivity contribution in [2.75, 3.05) is 0 Å². The summed E-state index contributed by atoms with van der Waals surface area (Å²) in [4.78, 5) is 16.6. The Kier molecular flexibility index (Phi) is 4.88. The molecule has 0 aliphatic rings. The van der Waals surface area contributed by atoms with Crippen LogP contribution in [0.5, 0.6) is 5.75 Å². The van der Waals surface area contributed by atoms with E-state index in [0.717, 1.165) is 21.2 Å². The Labute approximate surface area is 153 Å². The number of carbonyl (C=O) groups is 1. The van der Waals surface area contributed by atoms with Crippen molar-refractivity contribution in [1.29, 1.82) is 0 Å². The summed E-state index contributed by atoms with van der Waals surface area (Å²) in [5.74, 6) is 0.726. The van der Waals surface area contributed by atoms with Crippen LogP contribution in [0.4, 0.5) is 0 Å². The molecule has 0 bridgehead atoms. The minimum absolute atomic E-state index is 0.0386. The maximum atomic E-state index is 11.9. The van der Waals surface area contributed by atoms with Crippen LogP contribution < -0.4 is 4.74 Å². The van der Waals surface area contributed by atoms with Gasteiger partial charge in [0.2, 0.25) is 0 Å². The summed E-state index contributed by atoms with van der Waals surface area (Å²) < 4.78 is 6.73. The molecule has 0 atom stereocenters. The van der Waals surface area contributed by atoms with Gasteiger partial charge >= 0.3 is 0 Å². The monoisotopic (exact) mass is 403 g/mol. The summed E-state index contributed by atoms with van der Waals surface area (Å²) in [5, 5.41) is 0.208. The number of benzene rings is 2. The highest BCUT2D eigenvalue weighted by Gasteiger charge is 2.15. The van der Waals surface area contributed by atoms with Crippen molar-refractivity contribution in [1.82, 2.24) is 4.98 Å². The number of hydrogen-bond acceptors (Lipinski definition) is 3. The predicted molar refractivity (Wildman–Crippen MR) is 101 cm³/mol. The fraction of sp³-hybridized carbons (Fsp3) is 0.158. The van der Waals surface area contributed by atoms with Crippen LogP contribution in [0.25, 0.3) is 22.2 Å². The molecule has 3 nitrogen and oxygen atoms in total. The first-order valence-corrected chi connectivity index (χ1v) is 8.69. The molecule has 3 aromatic rings. The first-order valence-electron chi connectivity index (χ1n) is 7.52. The van der Waals surface area contributed by atoms with E-state index in [0.29, 0.717) is 16.8 Å².